The monoisotopic (exact) mass is 537 g/mol. The average molecular weight is 538 g/mol. The number of amides is 2. The first-order chi connectivity index (χ1) is 16.9. The number of H-pyrrole nitrogens is 1. The van der Waals surface area contributed by atoms with Crippen LogP contribution in [-0.2, 0) is 16.0 Å². The van der Waals surface area contributed by atoms with Gasteiger partial charge in [0.25, 0.3) is 0 Å². The second-order valence-electron chi connectivity index (χ2n) is 7.90. The molecule has 1 atom stereocenters. The lowest BCUT2D eigenvalue weighted by atomic mass is 10.1. The SMILES string of the molecule is O=C(C=Cc1ccc(F)c(Br)c1)N[C@H](C(=O)NCCc1c[nH]c2ccc(F)cc12)c1ccccc1. The number of hydrogen-bond acceptors (Lipinski definition) is 2. The maximum atomic E-state index is 13.6. The molecule has 0 aliphatic rings. The summed E-state index contributed by atoms with van der Waals surface area (Å²) < 4.78 is 27.3. The van der Waals surface area contributed by atoms with E-state index in [0.29, 0.717) is 28.6 Å². The molecule has 1 heterocycles. The molecule has 8 heteroatoms. The zero-order valence-electron chi connectivity index (χ0n) is 18.5. The predicted molar refractivity (Wildman–Crippen MR) is 135 cm³/mol. The van der Waals surface area contributed by atoms with E-state index in [1.54, 1.807) is 48.7 Å². The molecule has 4 rings (SSSR count). The number of benzene rings is 3. The molecule has 5 nitrogen and oxygen atoms in total. The highest BCUT2D eigenvalue weighted by atomic mass is 79.9. The summed E-state index contributed by atoms with van der Waals surface area (Å²) in [5.74, 6) is -1.56. The minimum Gasteiger partial charge on any atom is -0.361 e. The van der Waals surface area contributed by atoms with E-state index >= 15 is 0 Å². The molecule has 4 aromatic rings. The summed E-state index contributed by atoms with van der Waals surface area (Å²) >= 11 is 3.12. The first-order valence-corrected chi connectivity index (χ1v) is 11.7. The van der Waals surface area contributed by atoms with Crippen LogP contribution in [0.3, 0.4) is 0 Å². The molecule has 0 spiro atoms. The van der Waals surface area contributed by atoms with E-state index in [4.69, 9.17) is 0 Å². The quantitative estimate of drug-likeness (QED) is 0.262. The second kappa shape index (κ2) is 11.1. The molecule has 3 aromatic carbocycles. The second-order valence-corrected chi connectivity index (χ2v) is 8.76. The molecule has 0 bridgehead atoms. The van der Waals surface area contributed by atoms with Gasteiger partial charge in [0, 0.05) is 29.7 Å². The molecule has 2 amide bonds. The van der Waals surface area contributed by atoms with Crippen LogP contribution in [0.5, 0.6) is 0 Å². The van der Waals surface area contributed by atoms with Crippen molar-refractivity contribution in [2.75, 3.05) is 6.54 Å². The van der Waals surface area contributed by atoms with E-state index in [1.165, 1.54) is 30.4 Å². The first-order valence-electron chi connectivity index (χ1n) is 10.9. The fraction of sp³-hybridized carbons (Fsp3) is 0.111. The molecule has 0 unspecified atom stereocenters. The maximum Gasteiger partial charge on any atom is 0.247 e. The summed E-state index contributed by atoms with van der Waals surface area (Å²) in [5.41, 5.74) is 2.96. The van der Waals surface area contributed by atoms with Crippen LogP contribution in [0.1, 0.15) is 22.7 Å². The van der Waals surface area contributed by atoms with Crippen molar-refractivity contribution in [3.8, 4) is 0 Å². The molecular weight excluding hydrogens is 516 g/mol. The van der Waals surface area contributed by atoms with Gasteiger partial charge in [0.2, 0.25) is 11.8 Å². The Kier molecular flexibility index (Phi) is 7.72. The minimum atomic E-state index is -0.909. The normalized spacial score (nSPS) is 12.1. The summed E-state index contributed by atoms with van der Waals surface area (Å²) in [6.45, 7) is 0.306. The number of carbonyl (C=O) groups excluding carboxylic acids is 2. The highest BCUT2D eigenvalue weighted by Crippen LogP contribution is 2.20. The van der Waals surface area contributed by atoms with E-state index < -0.39 is 17.8 Å². The highest BCUT2D eigenvalue weighted by molar-refractivity contribution is 9.10. The first kappa shape index (κ1) is 24.3. The molecule has 0 aliphatic carbocycles. The molecule has 0 radical (unpaired) electrons. The number of hydrogen-bond donors (Lipinski definition) is 3. The van der Waals surface area contributed by atoms with Gasteiger partial charge in [-0.1, -0.05) is 36.4 Å². The van der Waals surface area contributed by atoms with Crippen molar-refractivity contribution >= 4 is 44.7 Å². The standard InChI is InChI=1S/C27H22BrF2N3O2/c28-22-14-17(6-9-23(22)30)7-11-25(34)33-26(18-4-2-1-3-5-18)27(35)31-13-12-19-16-32-24-10-8-20(29)15-21(19)24/h1-11,14-16,26,32H,12-13H2,(H,31,35)(H,33,34)/t26-/m0/s1. The van der Waals surface area contributed by atoms with Crippen molar-refractivity contribution in [3.05, 3.63) is 112 Å². The number of rotatable bonds is 8. The Hall–Kier alpha value is -3.78. The average Bonchev–Trinajstić information content (AvgIpc) is 3.25. The van der Waals surface area contributed by atoms with Crippen LogP contribution >= 0.6 is 15.9 Å². The van der Waals surface area contributed by atoms with Gasteiger partial charge in [0.1, 0.15) is 17.7 Å². The van der Waals surface area contributed by atoms with Crippen LogP contribution in [0.15, 0.2) is 83.5 Å². The Bertz CT molecular complexity index is 1390. The van der Waals surface area contributed by atoms with Crippen LogP contribution in [0, 0.1) is 11.6 Å². The van der Waals surface area contributed by atoms with Crippen molar-refractivity contribution in [2.45, 2.75) is 12.5 Å². The van der Waals surface area contributed by atoms with E-state index in [0.717, 1.165) is 16.5 Å². The fourth-order valence-electron chi connectivity index (χ4n) is 3.70. The van der Waals surface area contributed by atoms with Gasteiger partial charge in [0.05, 0.1) is 4.47 Å². The van der Waals surface area contributed by atoms with Crippen LogP contribution in [0.4, 0.5) is 8.78 Å². The number of carbonyl (C=O) groups is 2. The molecule has 0 fully saturated rings. The Morgan fingerprint density at radius 2 is 1.83 bits per heavy atom. The number of aromatic nitrogens is 1. The van der Waals surface area contributed by atoms with Crippen molar-refractivity contribution in [1.82, 2.24) is 15.6 Å². The summed E-state index contributed by atoms with van der Waals surface area (Å²) in [6.07, 6.45) is 5.12. The van der Waals surface area contributed by atoms with Crippen LogP contribution in [0.25, 0.3) is 17.0 Å². The summed E-state index contributed by atoms with van der Waals surface area (Å²) in [5, 5.41) is 6.36. The smallest absolute Gasteiger partial charge is 0.247 e. The Morgan fingerprint density at radius 3 is 2.60 bits per heavy atom. The van der Waals surface area contributed by atoms with E-state index in [2.05, 4.69) is 31.5 Å². The molecule has 0 saturated carbocycles. The third kappa shape index (κ3) is 6.22. The number of fused-ring (bicyclic) bond motifs is 1. The van der Waals surface area contributed by atoms with Crippen molar-refractivity contribution < 1.29 is 18.4 Å². The van der Waals surface area contributed by atoms with Gasteiger partial charge < -0.3 is 15.6 Å². The molecule has 35 heavy (non-hydrogen) atoms. The van der Waals surface area contributed by atoms with Gasteiger partial charge in [-0.15, -0.1) is 0 Å². The van der Waals surface area contributed by atoms with E-state index in [1.807, 2.05) is 6.07 Å². The fourth-order valence-corrected chi connectivity index (χ4v) is 4.10. The van der Waals surface area contributed by atoms with Gasteiger partial charge in [-0.3, -0.25) is 9.59 Å². The Morgan fingerprint density at radius 1 is 1.03 bits per heavy atom. The Labute approximate surface area is 209 Å². The number of nitrogens with one attached hydrogen (secondary N) is 3. The van der Waals surface area contributed by atoms with Gasteiger partial charge in [-0.25, -0.2) is 8.78 Å². The lowest BCUT2D eigenvalue weighted by molar-refractivity contribution is -0.127. The lowest BCUT2D eigenvalue weighted by Crippen LogP contribution is -2.40. The molecule has 178 valence electrons. The third-order valence-corrected chi connectivity index (χ3v) is 6.08. The van der Waals surface area contributed by atoms with Gasteiger partial charge >= 0.3 is 0 Å². The number of aromatic amines is 1. The molecular formula is C27H22BrF2N3O2. The van der Waals surface area contributed by atoms with E-state index in [9.17, 15) is 18.4 Å². The van der Waals surface area contributed by atoms with Crippen molar-refractivity contribution in [1.29, 1.82) is 0 Å². The molecule has 1 aromatic heterocycles. The molecule has 0 saturated heterocycles. The van der Waals surface area contributed by atoms with Crippen LogP contribution in [0.2, 0.25) is 0 Å². The zero-order chi connectivity index (χ0) is 24.8. The summed E-state index contributed by atoms with van der Waals surface area (Å²) in [4.78, 5) is 28.7. The minimum absolute atomic E-state index is 0.291. The largest absolute Gasteiger partial charge is 0.361 e. The Balaban J connectivity index is 1.42. The molecule has 0 aliphatic heterocycles. The zero-order valence-corrected chi connectivity index (χ0v) is 20.1. The summed E-state index contributed by atoms with van der Waals surface area (Å²) in [7, 11) is 0. The number of halogens is 3. The summed E-state index contributed by atoms with van der Waals surface area (Å²) in [6, 6.07) is 16.9. The van der Waals surface area contributed by atoms with Crippen LogP contribution in [-0.4, -0.2) is 23.3 Å². The third-order valence-electron chi connectivity index (χ3n) is 5.48. The van der Waals surface area contributed by atoms with Crippen LogP contribution < -0.4 is 10.6 Å². The van der Waals surface area contributed by atoms with Gasteiger partial charge in [0.15, 0.2) is 0 Å². The lowest BCUT2D eigenvalue weighted by Gasteiger charge is -2.18. The predicted octanol–water partition coefficient (Wildman–Crippen LogP) is 5.44. The topological polar surface area (TPSA) is 74.0 Å². The highest BCUT2D eigenvalue weighted by Gasteiger charge is 2.21. The van der Waals surface area contributed by atoms with Gasteiger partial charge in [-0.05, 0) is 75.4 Å². The van der Waals surface area contributed by atoms with Crippen molar-refractivity contribution in [2.24, 2.45) is 0 Å². The van der Waals surface area contributed by atoms with Gasteiger partial charge in [-0.2, -0.15) is 0 Å². The maximum absolute atomic E-state index is 13.6. The van der Waals surface area contributed by atoms with E-state index in [-0.39, 0.29) is 11.7 Å². The van der Waals surface area contributed by atoms with Crippen molar-refractivity contribution in [3.63, 3.8) is 0 Å². The molecule has 3 N–H and O–H groups in total.